The number of para-hydroxylation sites is 2. The molecular weight excluding hydrogens is 430 g/mol. The molecule has 3 N–H and O–H groups in total. The molecule has 33 heavy (non-hydrogen) atoms. The minimum atomic E-state index is -0.580. The van der Waals surface area contributed by atoms with Crippen molar-refractivity contribution >= 4 is 23.4 Å². The van der Waals surface area contributed by atoms with Crippen LogP contribution in [-0.2, 0) is 9.59 Å². The summed E-state index contributed by atoms with van der Waals surface area (Å²) in [5.41, 5.74) is 4.94. The molecule has 3 aromatic rings. The number of nitrogens with one attached hydrogen (secondary N) is 3. The highest BCUT2D eigenvalue weighted by atomic mass is 16.5. The summed E-state index contributed by atoms with van der Waals surface area (Å²) < 4.78 is 21.3. The van der Waals surface area contributed by atoms with Gasteiger partial charge in [0.2, 0.25) is 0 Å². The van der Waals surface area contributed by atoms with E-state index in [1.165, 1.54) is 12.3 Å². The van der Waals surface area contributed by atoms with Gasteiger partial charge in [-0.15, -0.1) is 0 Å². The van der Waals surface area contributed by atoms with Crippen LogP contribution in [0.1, 0.15) is 17.5 Å². The third kappa shape index (κ3) is 7.31. The summed E-state index contributed by atoms with van der Waals surface area (Å²) in [4.78, 5) is 35.9. The monoisotopic (exact) mass is 453 g/mol. The molecule has 1 aromatic heterocycles. The molecule has 0 unspecified atom stereocenters. The standard InChI is InChI=1S/C23H23N3O7/c1-2-30-18-9-3-4-10-19(18)33-15-22(28)26-25-21(27)14-32-17-8-5-7-16(13-17)24-23(29)20-11-6-12-31-20/h3-13H,2,14-15H2,1H3,(H,24,29)(H,25,27)(H,26,28). The summed E-state index contributed by atoms with van der Waals surface area (Å²) in [6.07, 6.45) is 1.40. The molecule has 0 atom stereocenters. The van der Waals surface area contributed by atoms with Crippen molar-refractivity contribution in [2.45, 2.75) is 6.92 Å². The van der Waals surface area contributed by atoms with Gasteiger partial charge < -0.3 is 23.9 Å². The number of anilines is 1. The molecule has 3 amide bonds. The molecule has 172 valence electrons. The molecular formula is C23H23N3O7. The molecule has 0 fully saturated rings. The quantitative estimate of drug-likeness (QED) is 0.403. The molecule has 10 heteroatoms. The van der Waals surface area contributed by atoms with Gasteiger partial charge >= 0.3 is 0 Å². The summed E-state index contributed by atoms with van der Waals surface area (Å²) in [5, 5.41) is 2.66. The number of hydrazine groups is 1. The van der Waals surface area contributed by atoms with Gasteiger partial charge in [0.05, 0.1) is 12.9 Å². The van der Waals surface area contributed by atoms with Gasteiger partial charge in [-0.2, -0.15) is 0 Å². The van der Waals surface area contributed by atoms with Gasteiger partial charge in [-0.25, -0.2) is 0 Å². The summed E-state index contributed by atoms with van der Waals surface area (Å²) in [5.74, 6) is -0.0912. The van der Waals surface area contributed by atoms with Gasteiger partial charge in [0.1, 0.15) is 5.75 Å². The number of carbonyl (C=O) groups is 3. The lowest BCUT2D eigenvalue weighted by Crippen LogP contribution is -2.45. The molecule has 3 rings (SSSR count). The first kappa shape index (κ1) is 23.2. The fourth-order valence-corrected chi connectivity index (χ4v) is 2.61. The van der Waals surface area contributed by atoms with E-state index < -0.39 is 17.7 Å². The first-order valence-electron chi connectivity index (χ1n) is 10.0. The van der Waals surface area contributed by atoms with Crippen LogP contribution in [0.25, 0.3) is 0 Å². The molecule has 0 aliphatic rings. The van der Waals surface area contributed by atoms with Crippen molar-refractivity contribution in [3.8, 4) is 17.2 Å². The van der Waals surface area contributed by atoms with Crippen molar-refractivity contribution in [2.75, 3.05) is 25.1 Å². The van der Waals surface area contributed by atoms with E-state index in [0.29, 0.717) is 29.5 Å². The Labute approximate surface area is 189 Å². The van der Waals surface area contributed by atoms with Gasteiger partial charge in [0.15, 0.2) is 30.5 Å². The van der Waals surface area contributed by atoms with Crippen LogP contribution in [0.4, 0.5) is 5.69 Å². The van der Waals surface area contributed by atoms with E-state index in [0.717, 1.165) is 0 Å². The van der Waals surface area contributed by atoms with Crippen molar-refractivity contribution in [1.29, 1.82) is 0 Å². The Morgan fingerprint density at radius 2 is 1.52 bits per heavy atom. The third-order valence-electron chi connectivity index (χ3n) is 4.06. The van der Waals surface area contributed by atoms with E-state index in [1.54, 1.807) is 54.6 Å². The summed E-state index contributed by atoms with van der Waals surface area (Å²) >= 11 is 0. The number of amides is 3. The number of rotatable bonds is 10. The van der Waals surface area contributed by atoms with Crippen molar-refractivity contribution in [1.82, 2.24) is 10.9 Å². The number of hydrogen-bond acceptors (Lipinski definition) is 7. The van der Waals surface area contributed by atoms with E-state index >= 15 is 0 Å². The fraction of sp³-hybridized carbons (Fsp3) is 0.174. The second kappa shape index (κ2) is 11.8. The summed E-state index contributed by atoms with van der Waals surface area (Å²) in [7, 11) is 0. The zero-order valence-corrected chi connectivity index (χ0v) is 17.8. The van der Waals surface area contributed by atoms with Crippen LogP contribution in [0, 0.1) is 0 Å². The minimum absolute atomic E-state index is 0.168. The SMILES string of the molecule is CCOc1ccccc1OCC(=O)NNC(=O)COc1cccc(NC(=O)c2ccco2)c1. The second-order valence-electron chi connectivity index (χ2n) is 6.51. The van der Waals surface area contributed by atoms with Crippen LogP contribution in [0.3, 0.4) is 0 Å². The number of furan rings is 1. The van der Waals surface area contributed by atoms with Gasteiger partial charge in [0, 0.05) is 11.8 Å². The maximum Gasteiger partial charge on any atom is 0.291 e. The normalized spacial score (nSPS) is 10.1. The summed E-state index contributed by atoms with van der Waals surface area (Å²) in [6, 6.07) is 16.6. The molecule has 10 nitrogen and oxygen atoms in total. The van der Waals surface area contributed by atoms with Crippen LogP contribution in [0.15, 0.2) is 71.3 Å². The largest absolute Gasteiger partial charge is 0.490 e. The summed E-state index contributed by atoms with van der Waals surface area (Å²) in [6.45, 7) is 1.63. The average Bonchev–Trinajstić information content (AvgIpc) is 3.37. The zero-order valence-electron chi connectivity index (χ0n) is 17.8. The number of hydrogen-bond donors (Lipinski definition) is 3. The molecule has 1 heterocycles. The van der Waals surface area contributed by atoms with Gasteiger partial charge in [-0.1, -0.05) is 18.2 Å². The van der Waals surface area contributed by atoms with E-state index in [1.807, 2.05) is 6.92 Å². The molecule has 2 aromatic carbocycles. The number of ether oxygens (including phenoxy) is 3. The Morgan fingerprint density at radius 3 is 2.18 bits per heavy atom. The second-order valence-corrected chi connectivity index (χ2v) is 6.51. The van der Waals surface area contributed by atoms with E-state index in [-0.39, 0.29) is 19.0 Å². The highest BCUT2D eigenvalue weighted by Gasteiger charge is 2.11. The smallest absolute Gasteiger partial charge is 0.291 e. The van der Waals surface area contributed by atoms with E-state index in [2.05, 4.69) is 16.2 Å². The van der Waals surface area contributed by atoms with Crippen molar-refractivity contribution < 1.29 is 33.0 Å². The lowest BCUT2D eigenvalue weighted by molar-refractivity contribution is -0.131. The van der Waals surface area contributed by atoms with E-state index in [9.17, 15) is 14.4 Å². The Kier molecular flexibility index (Phi) is 8.29. The highest BCUT2D eigenvalue weighted by Crippen LogP contribution is 2.26. The maximum absolute atomic E-state index is 12.0. The molecule has 0 saturated carbocycles. The molecule has 0 radical (unpaired) electrons. The van der Waals surface area contributed by atoms with Gasteiger partial charge in [0.25, 0.3) is 17.7 Å². The van der Waals surface area contributed by atoms with Crippen LogP contribution in [0.2, 0.25) is 0 Å². The van der Waals surface area contributed by atoms with Crippen LogP contribution in [-0.4, -0.2) is 37.5 Å². The molecule has 0 aliphatic carbocycles. The van der Waals surface area contributed by atoms with Crippen LogP contribution < -0.4 is 30.4 Å². The van der Waals surface area contributed by atoms with Crippen LogP contribution in [0.5, 0.6) is 17.2 Å². The molecule has 0 aliphatic heterocycles. The van der Waals surface area contributed by atoms with Gasteiger partial charge in [-0.3, -0.25) is 25.2 Å². The molecule has 0 saturated heterocycles. The zero-order chi connectivity index (χ0) is 23.5. The number of carbonyl (C=O) groups excluding carboxylic acids is 3. The molecule has 0 bridgehead atoms. The topological polar surface area (TPSA) is 128 Å². The average molecular weight is 453 g/mol. The van der Waals surface area contributed by atoms with Crippen molar-refractivity contribution in [2.24, 2.45) is 0 Å². The Balaban J connectivity index is 1.40. The van der Waals surface area contributed by atoms with E-state index in [4.69, 9.17) is 18.6 Å². The Hall–Kier alpha value is -4.47. The maximum atomic E-state index is 12.0. The molecule has 0 spiro atoms. The predicted molar refractivity (Wildman–Crippen MR) is 118 cm³/mol. The number of benzene rings is 2. The minimum Gasteiger partial charge on any atom is -0.490 e. The van der Waals surface area contributed by atoms with Crippen molar-refractivity contribution in [3.05, 3.63) is 72.7 Å². The first-order valence-corrected chi connectivity index (χ1v) is 10.0. The lowest BCUT2D eigenvalue weighted by atomic mass is 10.3. The highest BCUT2D eigenvalue weighted by molar-refractivity contribution is 6.02. The van der Waals surface area contributed by atoms with Crippen molar-refractivity contribution in [3.63, 3.8) is 0 Å². The lowest BCUT2D eigenvalue weighted by Gasteiger charge is -2.12. The first-order chi connectivity index (χ1) is 16.0. The fourth-order valence-electron chi connectivity index (χ4n) is 2.61. The van der Waals surface area contributed by atoms with Crippen LogP contribution >= 0.6 is 0 Å². The third-order valence-corrected chi connectivity index (χ3v) is 4.06. The Morgan fingerprint density at radius 1 is 0.818 bits per heavy atom. The predicted octanol–water partition coefficient (Wildman–Crippen LogP) is 2.54. The van der Waals surface area contributed by atoms with Gasteiger partial charge in [-0.05, 0) is 43.3 Å². The Bertz CT molecular complexity index is 1080.